The average Bonchev–Trinajstić information content (AvgIpc) is 3.20. The minimum absolute atomic E-state index is 0.0441. The molecule has 1 saturated heterocycles. The number of pyridine rings is 2. The lowest BCUT2D eigenvalue weighted by Gasteiger charge is -2.40. The Hall–Kier alpha value is -3.80. The molecule has 194 valence electrons. The second-order valence-electron chi connectivity index (χ2n) is 9.01. The largest absolute Gasteiger partial charge is 0.417 e. The van der Waals surface area contributed by atoms with Crippen LogP contribution in [0.4, 0.5) is 30.4 Å². The summed E-state index contributed by atoms with van der Waals surface area (Å²) in [7, 11) is 0. The van der Waals surface area contributed by atoms with Crippen molar-refractivity contribution in [3.63, 3.8) is 0 Å². The maximum Gasteiger partial charge on any atom is 0.417 e. The Balaban J connectivity index is 1.41. The van der Waals surface area contributed by atoms with Crippen molar-refractivity contribution in [1.82, 2.24) is 9.97 Å². The number of nitrogens with zero attached hydrogens (tertiary/aromatic N) is 3. The van der Waals surface area contributed by atoms with Gasteiger partial charge in [-0.3, -0.25) is 9.59 Å². The second-order valence-corrected chi connectivity index (χ2v) is 10.0. The van der Waals surface area contributed by atoms with Crippen LogP contribution in [0.1, 0.15) is 35.0 Å². The Kier molecular flexibility index (Phi) is 6.22. The highest BCUT2D eigenvalue weighted by molar-refractivity contribution is 7.21. The zero-order chi connectivity index (χ0) is 26.5. The number of aromatic nitrogens is 2. The van der Waals surface area contributed by atoms with E-state index in [9.17, 15) is 22.8 Å². The maximum atomic E-state index is 14.0. The quantitative estimate of drug-likeness (QED) is 0.353. The molecule has 0 bridgehead atoms. The number of hydrogen-bond acceptors (Lipinski definition) is 7. The van der Waals surface area contributed by atoms with Gasteiger partial charge in [-0.1, -0.05) is 0 Å². The first kappa shape index (κ1) is 24.9. The van der Waals surface area contributed by atoms with E-state index in [0.717, 1.165) is 53.4 Å². The van der Waals surface area contributed by atoms with Crippen molar-refractivity contribution in [2.75, 3.05) is 35.2 Å². The van der Waals surface area contributed by atoms with E-state index in [2.05, 4.69) is 21.8 Å². The first-order chi connectivity index (χ1) is 17.6. The van der Waals surface area contributed by atoms with Crippen molar-refractivity contribution in [1.29, 1.82) is 0 Å². The van der Waals surface area contributed by atoms with E-state index in [1.54, 1.807) is 6.07 Å². The van der Waals surface area contributed by atoms with Crippen LogP contribution in [0.5, 0.6) is 0 Å². The summed E-state index contributed by atoms with van der Waals surface area (Å²) in [4.78, 5) is 34.6. The van der Waals surface area contributed by atoms with Gasteiger partial charge in [-0.15, -0.1) is 11.3 Å². The number of thiophene rings is 1. The average molecular weight is 531 g/mol. The molecule has 0 spiro atoms. The number of benzene rings is 1. The number of primary amides is 1. The van der Waals surface area contributed by atoms with Crippen LogP contribution in [-0.2, 0) is 6.18 Å². The van der Waals surface area contributed by atoms with Gasteiger partial charge in [0, 0.05) is 53.7 Å². The summed E-state index contributed by atoms with van der Waals surface area (Å²) in [5.41, 5.74) is 11.6. The molecule has 1 aliphatic heterocycles. The summed E-state index contributed by atoms with van der Waals surface area (Å²) in [5, 5.41) is 0.649. The molecule has 0 unspecified atom stereocenters. The Bertz CT molecular complexity index is 1560. The SMILES string of the molecule is CCN(c1ccc2[nH]c(=O)ccc2c1)C1CCN(c2cc(C(F)(F)F)c3c(N)c(C(N)=O)sc3n2)CC1. The number of alkyl halides is 3. The number of hydrogen-bond donors (Lipinski definition) is 3. The van der Waals surface area contributed by atoms with Crippen LogP contribution < -0.4 is 26.8 Å². The van der Waals surface area contributed by atoms with Gasteiger partial charge in [0.2, 0.25) is 5.56 Å². The summed E-state index contributed by atoms with van der Waals surface area (Å²) in [6, 6.07) is 10.4. The number of carbonyl (C=O) groups is 1. The number of H-pyrrole nitrogens is 1. The predicted octanol–water partition coefficient (Wildman–Crippen LogP) is 4.33. The number of aromatic amines is 1. The summed E-state index contributed by atoms with van der Waals surface area (Å²) < 4.78 is 41.9. The van der Waals surface area contributed by atoms with E-state index in [0.29, 0.717) is 13.1 Å². The molecule has 3 aromatic heterocycles. The highest BCUT2D eigenvalue weighted by atomic mass is 32.1. The molecular formula is C25H25F3N6O2S. The number of anilines is 3. The van der Waals surface area contributed by atoms with E-state index in [4.69, 9.17) is 11.5 Å². The smallest absolute Gasteiger partial charge is 0.397 e. The summed E-state index contributed by atoms with van der Waals surface area (Å²) in [6.07, 6.45) is -3.23. The lowest BCUT2D eigenvalue weighted by Crippen LogP contribution is -2.45. The van der Waals surface area contributed by atoms with Crippen LogP contribution >= 0.6 is 11.3 Å². The number of carbonyl (C=O) groups excluding carboxylic acids is 1. The van der Waals surface area contributed by atoms with Gasteiger partial charge in [-0.25, -0.2) is 4.98 Å². The molecule has 0 aliphatic carbocycles. The fraction of sp³-hybridized carbons (Fsp3) is 0.320. The highest BCUT2D eigenvalue weighted by Gasteiger charge is 2.37. The van der Waals surface area contributed by atoms with Crippen LogP contribution in [0.15, 0.2) is 41.2 Å². The molecule has 5 rings (SSSR count). The van der Waals surface area contributed by atoms with Crippen LogP contribution in [0, 0.1) is 0 Å². The number of nitrogen functional groups attached to an aromatic ring is 1. The first-order valence-corrected chi connectivity index (χ1v) is 12.6. The van der Waals surface area contributed by atoms with Gasteiger partial charge in [0.1, 0.15) is 15.5 Å². The van der Waals surface area contributed by atoms with Crippen LogP contribution in [0.25, 0.3) is 21.1 Å². The first-order valence-electron chi connectivity index (χ1n) is 11.8. The molecular weight excluding hydrogens is 505 g/mol. The van der Waals surface area contributed by atoms with Crippen molar-refractivity contribution in [3.8, 4) is 0 Å². The maximum absolute atomic E-state index is 14.0. The van der Waals surface area contributed by atoms with Gasteiger partial charge < -0.3 is 26.3 Å². The molecule has 1 aromatic carbocycles. The van der Waals surface area contributed by atoms with Crippen molar-refractivity contribution in [2.24, 2.45) is 5.73 Å². The molecule has 1 fully saturated rings. The molecule has 0 atom stereocenters. The molecule has 0 radical (unpaired) electrons. The standard InChI is InChI=1S/C25H25F3N6O2S/c1-2-34(15-4-5-17-13(11-15)3-6-19(35)31-17)14-7-9-33(10-8-14)18-12-16(25(26,27)28)20-21(29)22(23(30)36)37-24(20)32-18/h3-6,11-12,14H,2,7-10,29H2,1H3,(H2,30,36)(H,31,35). The lowest BCUT2D eigenvalue weighted by molar-refractivity contribution is -0.136. The molecule has 37 heavy (non-hydrogen) atoms. The minimum atomic E-state index is -4.67. The normalized spacial score (nSPS) is 15.0. The van der Waals surface area contributed by atoms with Crippen molar-refractivity contribution in [2.45, 2.75) is 32.0 Å². The van der Waals surface area contributed by atoms with Gasteiger partial charge >= 0.3 is 6.18 Å². The van der Waals surface area contributed by atoms with E-state index in [1.807, 2.05) is 23.1 Å². The summed E-state index contributed by atoms with van der Waals surface area (Å²) in [6.45, 7) is 3.85. The van der Waals surface area contributed by atoms with Crippen LogP contribution in [0.3, 0.4) is 0 Å². The number of rotatable bonds is 5. The number of piperidine rings is 1. The Morgan fingerprint density at radius 1 is 1.22 bits per heavy atom. The minimum Gasteiger partial charge on any atom is -0.397 e. The van der Waals surface area contributed by atoms with Crippen LogP contribution in [0.2, 0.25) is 0 Å². The second kappa shape index (κ2) is 9.25. The third-order valence-corrected chi connectivity index (χ3v) is 7.94. The molecule has 5 N–H and O–H groups in total. The van der Waals surface area contributed by atoms with Crippen molar-refractivity contribution >= 4 is 55.6 Å². The number of amides is 1. The topological polar surface area (TPSA) is 121 Å². The number of halogens is 3. The molecule has 4 heterocycles. The van der Waals surface area contributed by atoms with Crippen LogP contribution in [-0.4, -0.2) is 41.6 Å². The van der Waals surface area contributed by atoms with Crippen molar-refractivity contribution < 1.29 is 18.0 Å². The fourth-order valence-corrected chi connectivity index (χ4v) is 6.02. The zero-order valence-corrected chi connectivity index (χ0v) is 20.7. The van der Waals surface area contributed by atoms with Crippen molar-refractivity contribution in [3.05, 3.63) is 57.2 Å². The monoisotopic (exact) mass is 530 g/mol. The van der Waals surface area contributed by atoms with Gasteiger partial charge in [-0.05, 0) is 50.1 Å². The lowest BCUT2D eigenvalue weighted by atomic mass is 10.0. The zero-order valence-electron chi connectivity index (χ0n) is 19.9. The Labute approximate surface area is 213 Å². The molecule has 1 amide bonds. The number of nitrogens with two attached hydrogens (primary N) is 2. The number of fused-ring (bicyclic) bond motifs is 2. The van der Waals surface area contributed by atoms with E-state index in [1.165, 1.54) is 6.07 Å². The van der Waals surface area contributed by atoms with Gasteiger partial charge in [-0.2, -0.15) is 13.2 Å². The molecule has 8 nitrogen and oxygen atoms in total. The fourth-order valence-electron chi connectivity index (χ4n) is 5.06. The Morgan fingerprint density at radius 2 is 1.95 bits per heavy atom. The molecule has 4 aromatic rings. The van der Waals surface area contributed by atoms with Gasteiger partial charge in [0.25, 0.3) is 5.91 Å². The third-order valence-electron chi connectivity index (χ3n) is 6.82. The third kappa shape index (κ3) is 4.57. The molecule has 0 saturated carbocycles. The predicted molar refractivity (Wildman–Crippen MR) is 140 cm³/mol. The number of nitrogens with one attached hydrogen (secondary N) is 1. The molecule has 1 aliphatic rings. The summed E-state index contributed by atoms with van der Waals surface area (Å²) in [5.74, 6) is -0.677. The van der Waals surface area contributed by atoms with E-state index < -0.39 is 17.6 Å². The van der Waals surface area contributed by atoms with Gasteiger partial charge in [0.15, 0.2) is 0 Å². The Morgan fingerprint density at radius 3 is 2.59 bits per heavy atom. The van der Waals surface area contributed by atoms with Gasteiger partial charge in [0.05, 0.1) is 11.3 Å². The van der Waals surface area contributed by atoms with E-state index >= 15 is 0 Å². The summed E-state index contributed by atoms with van der Waals surface area (Å²) >= 11 is 0.781. The molecule has 12 heteroatoms. The van der Waals surface area contributed by atoms with E-state index in [-0.39, 0.29) is 38.2 Å². The highest BCUT2D eigenvalue weighted by Crippen LogP contribution is 2.43.